The van der Waals surface area contributed by atoms with E-state index in [0.717, 1.165) is 37.1 Å². The van der Waals surface area contributed by atoms with Crippen LogP contribution < -0.4 is 9.62 Å². The second kappa shape index (κ2) is 8.10. The van der Waals surface area contributed by atoms with E-state index in [9.17, 15) is 18.0 Å². The van der Waals surface area contributed by atoms with Crippen LogP contribution >= 0.6 is 0 Å². The van der Waals surface area contributed by atoms with Crippen molar-refractivity contribution in [2.45, 2.75) is 25.7 Å². The third-order valence-electron chi connectivity index (χ3n) is 5.62. The molecule has 0 aromatic heterocycles. The summed E-state index contributed by atoms with van der Waals surface area (Å²) in [6.45, 7) is 2.09. The SMILES string of the molecule is CS(=O)(=O)N1CCc2cc(C(=O)Nc3ccc(CC(=O)N4CCCC4)cc3)ccc21. The van der Waals surface area contributed by atoms with Crippen LogP contribution in [0.2, 0.25) is 0 Å². The fourth-order valence-corrected chi connectivity index (χ4v) is 4.98. The van der Waals surface area contributed by atoms with Gasteiger partial charge in [-0.3, -0.25) is 13.9 Å². The number of likely N-dealkylation sites (tertiary alicyclic amines) is 1. The number of anilines is 2. The molecule has 2 aromatic rings. The number of rotatable bonds is 5. The van der Waals surface area contributed by atoms with Gasteiger partial charge in [0.25, 0.3) is 5.91 Å². The van der Waals surface area contributed by atoms with Gasteiger partial charge in [-0.1, -0.05) is 12.1 Å². The summed E-state index contributed by atoms with van der Waals surface area (Å²) in [5.74, 6) is -0.109. The summed E-state index contributed by atoms with van der Waals surface area (Å²) in [4.78, 5) is 26.8. The second-order valence-electron chi connectivity index (χ2n) is 7.84. The molecule has 4 rings (SSSR count). The maximum atomic E-state index is 12.6. The third-order valence-corrected chi connectivity index (χ3v) is 6.80. The number of sulfonamides is 1. The van der Waals surface area contributed by atoms with Crippen molar-refractivity contribution in [2.75, 3.05) is 35.5 Å². The van der Waals surface area contributed by atoms with Gasteiger partial charge in [-0.15, -0.1) is 0 Å². The Balaban J connectivity index is 1.40. The molecular formula is C22H25N3O4S. The van der Waals surface area contributed by atoms with Gasteiger partial charge in [-0.25, -0.2) is 8.42 Å². The Morgan fingerprint density at radius 3 is 2.37 bits per heavy atom. The van der Waals surface area contributed by atoms with Gasteiger partial charge in [0.1, 0.15) is 0 Å². The summed E-state index contributed by atoms with van der Waals surface area (Å²) in [7, 11) is -3.31. The highest BCUT2D eigenvalue weighted by atomic mass is 32.2. The van der Waals surface area contributed by atoms with Gasteiger partial charge in [0, 0.05) is 30.9 Å². The first kappa shape index (κ1) is 20.4. The molecule has 2 aliphatic heterocycles. The monoisotopic (exact) mass is 427 g/mol. The van der Waals surface area contributed by atoms with Crippen molar-refractivity contribution in [1.29, 1.82) is 0 Å². The minimum absolute atomic E-state index is 0.144. The summed E-state index contributed by atoms with van der Waals surface area (Å²) >= 11 is 0. The Morgan fingerprint density at radius 2 is 1.70 bits per heavy atom. The van der Waals surface area contributed by atoms with Crippen LogP contribution in [-0.2, 0) is 27.7 Å². The predicted molar refractivity (Wildman–Crippen MR) is 116 cm³/mol. The Bertz CT molecular complexity index is 1070. The maximum absolute atomic E-state index is 12.6. The lowest BCUT2D eigenvalue weighted by Gasteiger charge is -2.16. The highest BCUT2D eigenvalue weighted by Crippen LogP contribution is 2.31. The van der Waals surface area contributed by atoms with Crippen molar-refractivity contribution in [3.05, 3.63) is 59.2 Å². The largest absolute Gasteiger partial charge is 0.342 e. The molecular weight excluding hydrogens is 402 g/mol. The van der Waals surface area contributed by atoms with Crippen LogP contribution in [-0.4, -0.2) is 51.0 Å². The Kier molecular flexibility index (Phi) is 5.51. The standard InChI is InChI=1S/C22H25N3O4S/c1-30(28,29)25-13-10-17-15-18(6-9-20(17)25)22(27)23-19-7-4-16(5-8-19)14-21(26)24-11-2-3-12-24/h4-9,15H,2-3,10-14H2,1H3,(H,23,27). The molecule has 0 aliphatic carbocycles. The molecule has 0 atom stereocenters. The molecule has 2 heterocycles. The number of nitrogens with one attached hydrogen (secondary N) is 1. The molecule has 0 spiro atoms. The normalized spacial score (nSPS) is 15.9. The van der Waals surface area contributed by atoms with E-state index in [0.29, 0.717) is 36.3 Å². The van der Waals surface area contributed by atoms with Crippen LogP contribution in [0.3, 0.4) is 0 Å². The third kappa shape index (κ3) is 4.33. The Morgan fingerprint density at radius 1 is 1.00 bits per heavy atom. The molecule has 2 amide bonds. The highest BCUT2D eigenvalue weighted by molar-refractivity contribution is 7.92. The zero-order chi connectivity index (χ0) is 21.3. The van der Waals surface area contributed by atoms with Gasteiger partial charge in [0.05, 0.1) is 18.4 Å². The van der Waals surface area contributed by atoms with E-state index in [4.69, 9.17) is 0 Å². The van der Waals surface area contributed by atoms with Crippen molar-refractivity contribution in [3.63, 3.8) is 0 Å². The average Bonchev–Trinajstić information content (AvgIpc) is 3.38. The number of carbonyl (C=O) groups excluding carboxylic acids is 2. The quantitative estimate of drug-likeness (QED) is 0.794. The molecule has 1 saturated heterocycles. The predicted octanol–water partition coefficient (Wildman–Crippen LogP) is 2.43. The summed E-state index contributed by atoms with van der Waals surface area (Å²) in [5.41, 5.74) is 3.54. The molecule has 2 aromatic carbocycles. The lowest BCUT2D eigenvalue weighted by atomic mass is 10.1. The van der Waals surface area contributed by atoms with Gasteiger partial charge in [0.15, 0.2) is 0 Å². The zero-order valence-electron chi connectivity index (χ0n) is 16.9. The number of fused-ring (bicyclic) bond motifs is 1. The first-order valence-corrected chi connectivity index (χ1v) is 11.9. The van der Waals surface area contributed by atoms with Gasteiger partial charge >= 0.3 is 0 Å². The highest BCUT2D eigenvalue weighted by Gasteiger charge is 2.26. The second-order valence-corrected chi connectivity index (χ2v) is 9.75. The molecule has 0 bridgehead atoms. The average molecular weight is 428 g/mol. The lowest BCUT2D eigenvalue weighted by Crippen LogP contribution is -2.29. The van der Waals surface area contributed by atoms with Gasteiger partial charge in [0.2, 0.25) is 15.9 Å². The van der Waals surface area contributed by atoms with E-state index in [-0.39, 0.29) is 11.8 Å². The first-order chi connectivity index (χ1) is 14.3. The zero-order valence-corrected chi connectivity index (χ0v) is 17.7. The number of benzene rings is 2. The van der Waals surface area contributed by atoms with Crippen molar-refractivity contribution in [2.24, 2.45) is 0 Å². The molecule has 0 saturated carbocycles. The van der Waals surface area contributed by atoms with Gasteiger partial charge in [-0.05, 0) is 60.7 Å². The summed E-state index contributed by atoms with van der Waals surface area (Å²) in [6, 6.07) is 12.4. The van der Waals surface area contributed by atoms with Crippen molar-refractivity contribution >= 4 is 33.2 Å². The van der Waals surface area contributed by atoms with E-state index in [1.54, 1.807) is 30.3 Å². The van der Waals surface area contributed by atoms with E-state index < -0.39 is 10.0 Å². The molecule has 7 nitrogen and oxygen atoms in total. The fraction of sp³-hybridized carbons (Fsp3) is 0.364. The van der Waals surface area contributed by atoms with E-state index in [1.165, 1.54) is 10.6 Å². The van der Waals surface area contributed by atoms with E-state index in [1.807, 2.05) is 17.0 Å². The molecule has 1 fully saturated rings. The number of hydrogen-bond donors (Lipinski definition) is 1. The van der Waals surface area contributed by atoms with E-state index in [2.05, 4.69) is 5.32 Å². The van der Waals surface area contributed by atoms with Crippen LogP contribution in [0.15, 0.2) is 42.5 Å². The maximum Gasteiger partial charge on any atom is 0.255 e. The van der Waals surface area contributed by atoms with Crippen LogP contribution in [0, 0.1) is 0 Å². The van der Waals surface area contributed by atoms with Gasteiger partial charge in [-0.2, -0.15) is 0 Å². The van der Waals surface area contributed by atoms with Crippen LogP contribution in [0.4, 0.5) is 11.4 Å². The van der Waals surface area contributed by atoms with Crippen LogP contribution in [0.5, 0.6) is 0 Å². The Hall–Kier alpha value is -2.87. The Labute approximate surface area is 176 Å². The molecule has 30 heavy (non-hydrogen) atoms. The number of hydrogen-bond acceptors (Lipinski definition) is 4. The molecule has 0 unspecified atom stereocenters. The summed E-state index contributed by atoms with van der Waals surface area (Å²) < 4.78 is 25.1. The topological polar surface area (TPSA) is 86.8 Å². The minimum Gasteiger partial charge on any atom is -0.342 e. The van der Waals surface area contributed by atoms with Gasteiger partial charge < -0.3 is 10.2 Å². The number of amides is 2. The molecule has 2 aliphatic rings. The molecule has 158 valence electrons. The number of nitrogens with zero attached hydrogens (tertiary/aromatic N) is 2. The fourth-order valence-electron chi connectivity index (χ4n) is 4.02. The molecule has 1 N–H and O–H groups in total. The minimum atomic E-state index is -3.31. The van der Waals surface area contributed by atoms with Crippen LogP contribution in [0.25, 0.3) is 0 Å². The van der Waals surface area contributed by atoms with Crippen LogP contribution in [0.1, 0.15) is 34.3 Å². The lowest BCUT2D eigenvalue weighted by molar-refractivity contribution is -0.129. The van der Waals surface area contributed by atoms with Crippen molar-refractivity contribution in [3.8, 4) is 0 Å². The van der Waals surface area contributed by atoms with Crippen molar-refractivity contribution in [1.82, 2.24) is 4.90 Å². The number of carbonyl (C=O) groups is 2. The molecule has 0 radical (unpaired) electrons. The summed E-state index contributed by atoms with van der Waals surface area (Å²) in [6.07, 6.45) is 4.29. The van der Waals surface area contributed by atoms with E-state index >= 15 is 0 Å². The smallest absolute Gasteiger partial charge is 0.255 e. The van der Waals surface area contributed by atoms with Crippen molar-refractivity contribution < 1.29 is 18.0 Å². The molecule has 8 heteroatoms. The summed E-state index contributed by atoms with van der Waals surface area (Å²) in [5, 5.41) is 2.86. The first-order valence-electron chi connectivity index (χ1n) is 10.1.